The minimum Gasteiger partial charge on any atom is -1.00 e. The smallest absolute Gasteiger partial charge is 0.342 e. The van der Waals surface area contributed by atoms with E-state index in [2.05, 4.69) is 5.10 Å². The fourth-order valence-corrected chi connectivity index (χ4v) is 1.41. The van der Waals surface area contributed by atoms with Crippen molar-refractivity contribution in [2.45, 2.75) is 0 Å². The molecule has 0 amide bonds. The average Bonchev–Trinajstić information content (AvgIpc) is 2.16. The second-order valence-corrected chi connectivity index (χ2v) is 3.04. The van der Waals surface area contributed by atoms with Gasteiger partial charge in [0.05, 0.1) is 0 Å². The number of rotatable bonds is 1. The first kappa shape index (κ1) is 11.4. The highest BCUT2D eigenvalue weighted by molar-refractivity contribution is 6.01. The van der Waals surface area contributed by atoms with Crippen LogP contribution in [0.25, 0.3) is 10.9 Å². The predicted octanol–water partition coefficient (Wildman–Crippen LogP) is -2.24. The highest BCUT2D eigenvalue weighted by Gasteiger charge is 2.14. The maximum absolute atomic E-state index is 10.9. The van der Waals surface area contributed by atoms with Gasteiger partial charge in [-0.25, -0.2) is 4.79 Å². The molecule has 0 aliphatic rings. The molecular formula is C10H9ClN2O2. The molecule has 0 saturated heterocycles. The molecule has 1 N–H and O–H groups in total. The van der Waals surface area contributed by atoms with Gasteiger partial charge < -0.3 is 17.5 Å². The van der Waals surface area contributed by atoms with Crippen LogP contribution in [0.2, 0.25) is 0 Å². The van der Waals surface area contributed by atoms with E-state index in [1.54, 1.807) is 25.2 Å². The minimum atomic E-state index is -0.931. The molecule has 78 valence electrons. The van der Waals surface area contributed by atoms with Crippen molar-refractivity contribution in [2.75, 3.05) is 0 Å². The van der Waals surface area contributed by atoms with E-state index < -0.39 is 5.97 Å². The third-order valence-corrected chi connectivity index (χ3v) is 2.01. The van der Waals surface area contributed by atoms with Crippen LogP contribution < -0.4 is 17.1 Å². The van der Waals surface area contributed by atoms with Gasteiger partial charge in [-0.15, -0.1) is 0 Å². The van der Waals surface area contributed by atoms with E-state index in [-0.39, 0.29) is 18.0 Å². The Kier molecular flexibility index (Phi) is 3.21. The number of carboxylic acid groups (broad SMARTS) is 1. The fourth-order valence-electron chi connectivity index (χ4n) is 1.41. The van der Waals surface area contributed by atoms with Crippen molar-refractivity contribution in [3.8, 4) is 0 Å². The van der Waals surface area contributed by atoms with E-state index in [4.69, 9.17) is 5.11 Å². The minimum absolute atomic E-state index is 0. The van der Waals surface area contributed by atoms with Crippen molar-refractivity contribution in [1.82, 2.24) is 5.10 Å². The molecule has 1 aromatic heterocycles. The third-order valence-electron chi connectivity index (χ3n) is 2.01. The second-order valence-electron chi connectivity index (χ2n) is 3.04. The highest BCUT2D eigenvalue weighted by Crippen LogP contribution is 2.13. The van der Waals surface area contributed by atoms with Gasteiger partial charge in [-0.2, -0.15) is 0 Å². The van der Waals surface area contributed by atoms with Crippen molar-refractivity contribution < 1.29 is 27.0 Å². The van der Waals surface area contributed by atoms with E-state index in [0.29, 0.717) is 10.9 Å². The number of hydrogen-bond donors (Lipinski definition) is 1. The molecule has 0 aliphatic heterocycles. The first-order valence-electron chi connectivity index (χ1n) is 4.17. The Labute approximate surface area is 92.6 Å². The SMILES string of the molecule is C[n+]1cc(C(=O)O)c2ccccc2n1.[Cl-]. The maximum atomic E-state index is 10.9. The van der Waals surface area contributed by atoms with Gasteiger partial charge in [-0.05, 0) is 11.2 Å². The lowest BCUT2D eigenvalue weighted by Gasteiger charge is -1.97. The van der Waals surface area contributed by atoms with E-state index in [1.165, 1.54) is 10.9 Å². The number of hydrogen-bond acceptors (Lipinski definition) is 2. The lowest BCUT2D eigenvalue weighted by Crippen LogP contribution is -3.00. The summed E-state index contributed by atoms with van der Waals surface area (Å²) in [6.07, 6.45) is 1.50. The van der Waals surface area contributed by atoms with Crippen LogP contribution in [0.15, 0.2) is 30.5 Å². The molecule has 1 aromatic carbocycles. The quantitative estimate of drug-likeness (QED) is 0.558. The van der Waals surface area contributed by atoms with Crippen molar-refractivity contribution in [3.05, 3.63) is 36.0 Å². The molecule has 5 heteroatoms. The Balaban J connectivity index is 0.00000112. The number of nitrogens with zero attached hydrogens (tertiary/aromatic N) is 2. The van der Waals surface area contributed by atoms with Gasteiger partial charge in [-0.3, -0.25) is 0 Å². The molecule has 0 aliphatic carbocycles. The van der Waals surface area contributed by atoms with Crippen LogP contribution in [-0.2, 0) is 7.05 Å². The summed E-state index contributed by atoms with van der Waals surface area (Å²) in [7, 11) is 1.71. The summed E-state index contributed by atoms with van der Waals surface area (Å²) in [6, 6.07) is 7.19. The molecule has 0 fully saturated rings. The number of fused-ring (bicyclic) bond motifs is 1. The van der Waals surface area contributed by atoms with Crippen LogP contribution in [-0.4, -0.2) is 16.2 Å². The first-order chi connectivity index (χ1) is 6.68. The molecular weight excluding hydrogens is 216 g/mol. The summed E-state index contributed by atoms with van der Waals surface area (Å²) in [6.45, 7) is 0. The lowest BCUT2D eigenvalue weighted by atomic mass is 10.1. The Morgan fingerprint density at radius 2 is 2.07 bits per heavy atom. The number of aromatic carboxylic acids is 1. The van der Waals surface area contributed by atoms with Gasteiger partial charge in [0.1, 0.15) is 11.1 Å². The third kappa shape index (κ3) is 2.05. The van der Waals surface area contributed by atoms with E-state index in [0.717, 1.165) is 0 Å². The molecule has 4 nitrogen and oxygen atoms in total. The zero-order valence-corrected chi connectivity index (χ0v) is 8.77. The number of benzene rings is 1. The molecule has 0 spiro atoms. The molecule has 2 rings (SSSR count). The van der Waals surface area contributed by atoms with Gasteiger partial charge in [0.25, 0.3) is 0 Å². The Morgan fingerprint density at radius 1 is 1.40 bits per heavy atom. The number of carboxylic acids is 1. The first-order valence-corrected chi connectivity index (χ1v) is 4.17. The van der Waals surface area contributed by atoms with Crippen LogP contribution >= 0.6 is 0 Å². The number of aryl methyl sites for hydroxylation is 1. The molecule has 0 atom stereocenters. The zero-order valence-electron chi connectivity index (χ0n) is 8.01. The standard InChI is InChI=1S/C10H8N2O2.ClH/c1-12-6-8(10(13)14)7-4-2-3-5-9(7)11-12;/h2-6H,1H3;1H. The summed E-state index contributed by atoms with van der Waals surface area (Å²) in [5.41, 5.74) is 0.966. The van der Waals surface area contributed by atoms with Gasteiger partial charge in [0.2, 0.25) is 6.20 Å². The summed E-state index contributed by atoms with van der Waals surface area (Å²) >= 11 is 0. The van der Waals surface area contributed by atoms with Gasteiger partial charge in [0, 0.05) is 5.39 Å². The van der Waals surface area contributed by atoms with Gasteiger partial charge in [-0.1, -0.05) is 22.9 Å². The number of aromatic nitrogens is 2. The molecule has 2 aromatic rings. The molecule has 15 heavy (non-hydrogen) atoms. The summed E-state index contributed by atoms with van der Waals surface area (Å²) in [4.78, 5) is 10.9. The average molecular weight is 225 g/mol. The fraction of sp³-hybridized carbons (Fsp3) is 0.100. The van der Waals surface area contributed by atoms with Gasteiger partial charge in [0.15, 0.2) is 7.05 Å². The maximum Gasteiger partial charge on any atom is 0.342 e. The Morgan fingerprint density at radius 3 is 2.73 bits per heavy atom. The zero-order chi connectivity index (χ0) is 10.1. The van der Waals surface area contributed by atoms with Crippen LogP contribution in [0.1, 0.15) is 10.4 Å². The van der Waals surface area contributed by atoms with Crippen molar-refractivity contribution in [3.63, 3.8) is 0 Å². The largest absolute Gasteiger partial charge is 1.00 e. The van der Waals surface area contributed by atoms with E-state index >= 15 is 0 Å². The Bertz CT molecular complexity index is 514. The molecule has 0 saturated carbocycles. The summed E-state index contributed by atoms with van der Waals surface area (Å²) in [5, 5.41) is 13.8. The van der Waals surface area contributed by atoms with Crippen molar-refractivity contribution in [1.29, 1.82) is 0 Å². The second kappa shape index (κ2) is 4.23. The van der Waals surface area contributed by atoms with E-state index in [1.807, 2.05) is 6.07 Å². The molecule has 1 heterocycles. The van der Waals surface area contributed by atoms with Crippen molar-refractivity contribution >= 4 is 16.9 Å². The molecule has 0 radical (unpaired) electrons. The molecule has 0 unspecified atom stereocenters. The summed E-state index contributed by atoms with van der Waals surface area (Å²) < 4.78 is 1.51. The van der Waals surface area contributed by atoms with Crippen LogP contribution in [0.4, 0.5) is 0 Å². The lowest BCUT2D eigenvalue weighted by molar-refractivity contribution is -0.728. The Hall–Kier alpha value is -1.68. The number of halogens is 1. The molecule has 0 bridgehead atoms. The van der Waals surface area contributed by atoms with Crippen molar-refractivity contribution in [2.24, 2.45) is 7.05 Å². The van der Waals surface area contributed by atoms with Crippen LogP contribution in [0.3, 0.4) is 0 Å². The predicted molar refractivity (Wildman–Crippen MR) is 49.9 cm³/mol. The van der Waals surface area contributed by atoms with Crippen LogP contribution in [0.5, 0.6) is 0 Å². The number of carbonyl (C=O) groups is 1. The summed E-state index contributed by atoms with van der Waals surface area (Å²) in [5.74, 6) is -0.931. The normalized spacial score (nSPS) is 9.67. The highest BCUT2D eigenvalue weighted by atomic mass is 35.5. The monoisotopic (exact) mass is 224 g/mol. The van der Waals surface area contributed by atoms with Gasteiger partial charge >= 0.3 is 5.97 Å². The van der Waals surface area contributed by atoms with E-state index in [9.17, 15) is 4.79 Å². The topological polar surface area (TPSA) is 54.1 Å². The van der Waals surface area contributed by atoms with Crippen LogP contribution in [0, 0.1) is 0 Å².